The lowest BCUT2D eigenvalue weighted by atomic mass is 9.98. The van der Waals surface area contributed by atoms with Crippen molar-refractivity contribution in [1.29, 1.82) is 0 Å². The van der Waals surface area contributed by atoms with Crippen molar-refractivity contribution in [2.45, 2.75) is 134 Å². The number of aromatic hydroxyl groups is 1. The van der Waals surface area contributed by atoms with Gasteiger partial charge in [-0.3, -0.25) is 48.3 Å². The van der Waals surface area contributed by atoms with Crippen LogP contribution in [0, 0.1) is 5.92 Å². The van der Waals surface area contributed by atoms with Crippen molar-refractivity contribution in [2.24, 2.45) is 33.8 Å². The maximum atomic E-state index is 14.7. The van der Waals surface area contributed by atoms with Crippen molar-refractivity contribution in [3.63, 3.8) is 0 Å². The zero-order valence-electron chi connectivity index (χ0n) is 42.8. The Morgan fingerprint density at radius 2 is 1.38 bits per heavy atom. The second-order valence-corrected chi connectivity index (χ2v) is 19.0. The van der Waals surface area contributed by atoms with Gasteiger partial charge in [-0.1, -0.05) is 82.1 Å². The molecule has 0 saturated carbocycles. The van der Waals surface area contributed by atoms with Gasteiger partial charge in [-0.2, -0.15) is 0 Å². The molecule has 2 aromatic carbocycles. The van der Waals surface area contributed by atoms with Crippen molar-refractivity contribution in [3.05, 3.63) is 95.8 Å². The highest BCUT2D eigenvalue weighted by molar-refractivity contribution is 5.98. The van der Waals surface area contributed by atoms with Crippen LogP contribution in [0.25, 0.3) is 0 Å². The molecule has 0 unspecified atom stereocenters. The summed E-state index contributed by atoms with van der Waals surface area (Å²) in [6.07, 6.45) is 5.87. The van der Waals surface area contributed by atoms with Crippen LogP contribution < -0.4 is 49.5 Å². The van der Waals surface area contributed by atoms with Gasteiger partial charge >= 0.3 is 0 Å². The first-order valence-electron chi connectivity index (χ1n) is 25.1. The number of phenolic OH excluding ortho intramolecular Hbond substituents is 1. The normalized spacial score (nSPS) is 15.5. The molecule has 4 rings (SSSR count). The van der Waals surface area contributed by atoms with Gasteiger partial charge in [0.05, 0.1) is 12.6 Å². The molecule has 74 heavy (non-hydrogen) atoms. The van der Waals surface area contributed by atoms with Crippen molar-refractivity contribution < 1.29 is 43.5 Å². The number of likely N-dealkylation sites (tertiary alicyclic amines) is 1. The van der Waals surface area contributed by atoms with E-state index in [-0.39, 0.29) is 82.1 Å². The van der Waals surface area contributed by atoms with Crippen LogP contribution >= 0.6 is 0 Å². The summed E-state index contributed by atoms with van der Waals surface area (Å²) in [5, 5.41) is 23.4. The van der Waals surface area contributed by atoms with E-state index in [4.69, 9.17) is 22.9 Å². The van der Waals surface area contributed by atoms with E-state index in [0.29, 0.717) is 30.4 Å². The summed E-state index contributed by atoms with van der Waals surface area (Å²) in [7, 11) is 1.48. The molecule has 7 atom stereocenters. The first kappa shape index (κ1) is 58.9. The number of likely N-dealkylation sites (N-methyl/N-ethyl adjacent to an activating group) is 1. The smallest absolute Gasteiger partial charge is 0.246 e. The molecular weight excluding hydrogens is 951 g/mol. The number of rotatable bonds is 29. The third-order valence-corrected chi connectivity index (χ3v) is 12.5. The number of nitrogens with one attached hydrogen (secondary N) is 5. The second kappa shape index (κ2) is 29.8. The molecule has 22 heteroatoms. The Morgan fingerprint density at radius 1 is 0.757 bits per heavy atom. The number of primary amides is 1. The fourth-order valence-corrected chi connectivity index (χ4v) is 8.61. The molecule has 8 amide bonds. The van der Waals surface area contributed by atoms with Crippen molar-refractivity contribution >= 4 is 53.2 Å². The molecule has 1 fully saturated rings. The third-order valence-electron chi connectivity index (χ3n) is 12.5. The highest BCUT2D eigenvalue weighted by Gasteiger charge is 2.40. The molecule has 1 aromatic heterocycles. The van der Waals surface area contributed by atoms with Gasteiger partial charge in [0.2, 0.25) is 47.3 Å². The van der Waals surface area contributed by atoms with Crippen molar-refractivity contribution in [2.75, 3.05) is 26.7 Å². The van der Waals surface area contributed by atoms with Crippen molar-refractivity contribution in [1.82, 2.24) is 41.4 Å². The number of amides is 8. The summed E-state index contributed by atoms with van der Waals surface area (Å²) in [6, 6.07) is 10.9. The first-order chi connectivity index (χ1) is 35.3. The first-order valence-corrected chi connectivity index (χ1v) is 25.1. The Morgan fingerprint density at radius 3 is 2.01 bits per heavy atom. The van der Waals surface area contributed by atoms with E-state index in [1.807, 2.05) is 39.0 Å². The summed E-state index contributed by atoms with van der Waals surface area (Å²) < 4.78 is 0. The summed E-state index contributed by atoms with van der Waals surface area (Å²) in [5.74, 6) is -5.33. The fourth-order valence-electron chi connectivity index (χ4n) is 8.61. The minimum atomic E-state index is -1.24. The molecule has 3 aromatic rings. The Hall–Kier alpha value is -7.62. The van der Waals surface area contributed by atoms with Gasteiger partial charge < -0.3 is 64.4 Å². The van der Waals surface area contributed by atoms with Gasteiger partial charge in [0.1, 0.15) is 42.0 Å². The molecule has 0 radical (unpaired) electrons. The minimum Gasteiger partial charge on any atom is -0.508 e. The van der Waals surface area contributed by atoms with E-state index in [1.165, 1.54) is 29.0 Å². The zero-order valence-corrected chi connectivity index (χ0v) is 42.8. The number of phenols is 1. The van der Waals surface area contributed by atoms with E-state index in [2.05, 4.69) is 36.6 Å². The molecule has 1 aliphatic rings. The van der Waals surface area contributed by atoms with Gasteiger partial charge in [-0.25, -0.2) is 0 Å². The quantitative estimate of drug-likeness (QED) is 0.0245. The Labute approximate surface area is 432 Å². The van der Waals surface area contributed by atoms with Crippen LogP contribution in [-0.4, -0.2) is 142 Å². The Kier molecular flexibility index (Phi) is 23.7. The van der Waals surface area contributed by atoms with E-state index >= 15 is 0 Å². The third kappa shape index (κ3) is 19.1. The maximum absolute atomic E-state index is 14.7. The molecular formula is C52H75N13O9. The number of carbonyl (C=O) groups excluding carboxylic acids is 8. The number of nitrogens with two attached hydrogens (primary N) is 4. The van der Waals surface area contributed by atoms with E-state index in [1.54, 1.807) is 48.8 Å². The number of pyridine rings is 1. The van der Waals surface area contributed by atoms with E-state index in [0.717, 1.165) is 5.56 Å². The van der Waals surface area contributed by atoms with Crippen molar-refractivity contribution in [3.8, 4) is 5.75 Å². The molecule has 22 nitrogen and oxygen atoms in total. The number of guanidine groups is 1. The summed E-state index contributed by atoms with van der Waals surface area (Å²) >= 11 is 0. The van der Waals surface area contributed by atoms with E-state index < -0.39 is 96.1 Å². The molecule has 2 heterocycles. The lowest BCUT2D eigenvalue weighted by molar-refractivity contribution is -0.144. The summed E-state index contributed by atoms with van der Waals surface area (Å²) in [6.45, 7) is 5.54. The van der Waals surface area contributed by atoms with Crippen LogP contribution in [0.15, 0.2) is 84.1 Å². The number of nitrogens with zero attached hydrogens (tertiary/aromatic N) is 4. The standard InChI is InChI=1S/C52H75N13O9/c1-5-6-16-39(61-49(72)43(26-32(2)3)64(4)50(73)40(28-33-13-8-7-9-14-33)62-45(68)37(53)27-34-19-21-36(66)22-20-34)47(70)63-41(29-35-15-10-23-57-30-35)51(74)65-25-12-18-42(65)48(71)60-38(17-11-24-58-52(55)56)46(69)59-31-44(54)67/h7-10,13-15,19-23,30,32,37-43,66H,5-6,11-12,16-18,24-29,31,53H2,1-4H3,(H2,54,67)(H,59,69)(H,60,71)(H,61,72)(H,62,68)(H,63,70)(H4,55,56,58)/t37-,38-,39-,40-,41-,42-,43-/m0/s1. The Bertz CT molecular complexity index is 2370. The number of unbranched alkanes of at least 4 members (excludes halogenated alkanes) is 1. The van der Waals surface area contributed by atoms with Gasteiger partial charge in [-0.15, -0.1) is 0 Å². The molecule has 402 valence electrons. The van der Waals surface area contributed by atoms with Crippen LogP contribution in [0.5, 0.6) is 5.75 Å². The maximum Gasteiger partial charge on any atom is 0.246 e. The largest absolute Gasteiger partial charge is 0.508 e. The average Bonchev–Trinajstić information content (AvgIpc) is 3.87. The Balaban J connectivity index is 1.58. The summed E-state index contributed by atoms with van der Waals surface area (Å²) in [5.41, 5.74) is 24.5. The van der Waals surface area contributed by atoms with Gasteiger partial charge in [0.15, 0.2) is 5.96 Å². The zero-order chi connectivity index (χ0) is 54.3. The number of hydrogen-bond acceptors (Lipinski definition) is 12. The topological polar surface area (TPSA) is 353 Å². The minimum absolute atomic E-state index is 0.0268. The summed E-state index contributed by atoms with van der Waals surface area (Å²) in [4.78, 5) is 121. The number of aromatic nitrogens is 1. The predicted octanol–water partition coefficient (Wildman–Crippen LogP) is -0.209. The number of carbonyl (C=O) groups is 8. The van der Waals surface area contributed by atoms with Gasteiger partial charge in [0, 0.05) is 45.4 Å². The molecule has 1 saturated heterocycles. The highest BCUT2D eigenvalue weighted by atomic mass is 16.3. The second-order valence-electron chi connectivity index (χ2n) is 19.0. The number of hydrogen-bond donors (Lipinski definition) is 10. The van der Waals surface area contributed by atoms with E-state index in [9.17, 15) is 43.5 Å². The number of benzene rings is 2. The highest BCUT2D eigenvalue weighted by Crippen LogP contribution is 2.22. The SMILES string of the molecule is CCCC[C@H](NC(=O)[C@H](CC(C)C)N(C)C(=O)[C@H](Cc1ccccc1)NC(=O)[C@@H](N)Cc1ccc(O)cc1)C(=O)N[C@@H](Cc1cccnc1)C(=O)N1CCC[C@H]1C(=O)N[C@@H](CCCN=C(N)N)C(=O)NCC(N)=O. The monoisotopic (exact) mass is 1030 g/mol. The van der Waals surface area contributed by atoms with Gasteiger partial charge in [0.25, 0.3) is 0 Å². The van der Waals surface area contributed by atoms with Crippen LogP contribution in [0.4, 0.5) is 0 Å². The molecule has 0 aliphatic carbocycles. The van der Waals surface area contributed by atoms with Gasteiger partial charge in [-0.05, 0) is 85.8 Å². The molecule has 14 N–H and O–H groups in total. The molecule has 0 bridgehead atoms. The lowest BCUT2D eigenvalue weighted by Crippen LogP contribution is -2.60. The molecule has 0 spiro atoms. The molecule has 1 aliphatic heterocycles. The lowest BCUT2D eigenvalue weighted by Gasteiger charge is -2.34. The predicted molar refractivity (Wildman–Crippen MR) is 278 cm³/mol. The van der Waals surface area contributed by atoms with Crippen LogP contribution in [0.1, 0.15) is 88.8 Å². The van der Waals surface area contributed by atoms with Crippen LogP contribution in [0.2, 0.25) is 0 Å². The number of aliphatic imine (C=N–C) groups is 1. The van der Waals surface area contributed by atoms with Crippen LogP contribution in [0.3, 0.4) is 0 Å². The average molecular weight is 1030 g/mol. The fraction of sp³-hybridized carbons (Fsp3) is 0.500. The van der Waals surface area contributed by atoms with Crippen LogP contribution in [-0.2, 0) is 57.6 Å².